The van der Waals surface area contributed by atoms with Crippen LogP contribution in [0.1, 0.15) is 51.9 Å². The Bertz CT molecular complexity index is 1070. The van der Waals surface area contributed by atoms with Crippen molar-refractivity contribution >= 4 is 23.1 Å². The molecule has 0 radical (unpaired) electrons. The number of anilines is 2. The second-order valence-corrected chi connectivity index (χ2v) is 11.1. The summed E-state index contributed by atoms with van der Waals surface area (Å²) < 4.78 is 23.2. The molecule has 8 nitrogen and oxygen atoms in total. The van der Waals surface area contributed by atoms with Gasteiger partial charge in [-0.05, 0) is 64.1 Å². The summed E-state index contributed by atoms with van der Waals surface area (Å²) >= 11 is 0. The zero-order valence-corrected chi connectivity index (χ0v) is 24.3. The summed E-state index contributed by atoms with van der Waals surface area (Å²) in [7, 11) is 0. The Morgan fingerprint density at radius 2 is 1.46 bits per heavy atom. The molecule has 2 aromatic carbocycles. The molecule has 3 rings (SSSR count). The van der Waals surface area contributed by atoms with E-state index in [1.807, 2.05) is 32.0 Å². The van der Waals surface area contributed by atoms with Crippen molar-refractivity contribution in [3.05, 3.63) is 54.1 Å². The number of amides is 1. The lowest BCUT2D eigenvalue weighted by atomic mass is 9.96. The van der Waals surface area contributed by atoms with Crippen LogP contribution in [-0.4, -0.2) is 81.5 Å². The molecule has 0 bridgehead atoms. The van der Waals surface area contributed by atoms with Gasteiger partial charge in [-0.3, -0.25) is 19.4 Å². The molecular formula is C31H44N2O6. The van der Waals surface area contributed by atoms with E-state index in [-0.39, 0.29) is 11.5 Å². The number of para-hydroxylation sites is 1. The predicted octanol–water partition coefficient (Wildman–Crippen LogP) is 5.12. The van der Waals surface area contributed by atoms with E-state index in [0.29, 0.717) is 68.4 Å². The van der Waals surface area contributed by atoms with Gasteiger partial charge in [0.25, 0.3) is 5.78 Å². The van der Waals surface area contributed by atoms with Crippen LogP contribution in [0.5, 0.6) is 5.75 Å². The number of carbonyl (C=O) groups excluding carboxylic acids is 2. The fourth-order valence-electron chi connectivity index (χ4n) is 4.31. The van der Waals surface area contributed by atoms with Crippen molar-refractivity contribution < 1.29 is 28.5 Å². The zero-order chi connectivity index (χ0) is 28.4. The molecule has 1 aliphatic rings. The van der Waals surface area contributed by atoms with E-state index in [9.17, 15) is 9.59 Å². The van der Waals surface area contributed by atoms with Crippen molar-refractivity contribution in [1.82, 2.24) is 4.90 Å². The topological polar surface area (TPSA) is 77.5 Å². The van der Waals surface area contributed by atoms with Crippen LogP contribution in [0.4, 0.5) is 11.4 Å². The maximum atomic E-state index is 12.5. The van der Waals surface area contributed by atoms with Crippen LogP contribution < -0.4 is 9.64 Å². The highest BCUT2D eigenvalue weighted by molar-refractivity contribution is 6.53. The molecule has 0 saturated heterocycles. The monoisotopic (exact) mass is 540 g/mol. The summed E-state index contributed by atoms with van der Waals surface area (Å²) in [6, 6.07) is 14.7. The fraction of sp³-hybridized carbons (Fsp3) is 0.548. The van der Waals surface area contributed by atoms with Gasteiger partial charge in [0.2, 0.25) is 0 Å². The summed E-state index contributed by atoms with van der Waals surface area (Å²) in [5.41, 5.74) is 1.63. The van der Waals surface area contributed by atoms with Crippen LogP contribution >= 0.6 is 0 Å². The molecule has 0 unspecified atom stereocenters. The summed E-state index contributed by atoms with van der Waals surface area (Å²) in [5.74, 6) is -0.301. The number of ether oxygens (including phenoxy) is 4. The molecule has 1 amide bonds. The van der Waals surface area contributed by atoms with Crippen LogP contribution in [0.2, 0.25) is 0 Å². The molecule has 0 saturated carbocycles. The van der Waals surface area contributed by atoms with Gasteiger partial charge in [-0.25, -0.2) is 0 Å². The molecule has 39 heavy (non-hydrogen) atoms. The van der Waals surface area contributed by atoms with Gasteiger partial charge in [0.1, 0.15) is 12.4 Å². The minimum atomic E-state index is -0.535. The van der Waals surface area contributed by atoms with Crippen molar-refractivity contribution in [2.75, 3.05) is 57.6 Å². The standard InChI is InChI=1S/C31H44N2O6/c1-23(2)32(15-17-36-21-31(5,6)22-37-19-20-38-24(3)4)16-18-39-26-13-11-25(12-14-26)33-28-10-8-7-9-27(28)29(34)30(33)35/h7-14,23-24H,15-22H2,1-6H3. The number of hydrogen-bond donors (Lipinski definition) is 0. The van der Waals surface area contributed by atoms with Crippen LogP contribution in [0.25, 0.3) is 0 Å². The normalized spacial score (nSPS) is 13.7. The molecule has 0 N–H and O–H groups in total. The van der Waals surface area contributed by atoms with Gasteiger partial charge in [-0.1, -0.05) is 26.0 Å². The Labute approximate surface area is 233 Å². The summed E-state index contributed by atoms with van der Waals surface area (Å²) in [6.07, 6.45) is 0.221. The lowest BCUT2D eigenvalue weighted by Gasteiger charge is -2.28. The Morgan fingerprint density at radius 1 is 0.821 bits per heavy atom. The van der Waals surface area contributed by atoms with Crippen molar-refractivity contribution in [3.63, 3.8) is 0 Å². The predicted molar refractivity (Wildman–Crippen MR) is 153 cm³/mol. The third kappa shape index (κ3) is 9.14. The first kappa shape index (κ1) is 30.8. The van der Waals surface area contributed by atoms with Crippen LogP contribution in [0, 0.1) is 5.41 Å². The van der Waals surface area contributed by atoms with Crippen LogP contribution in [-0.2, 0) is 19.0 Å². The van der Waals surface area contributed by atoms with E-state index in [4.69, 9.17) is 18.9 Å². The van der Waals surface area contributed by atoms with E-state index in [1.54, 1.807) is 30.3 Å². The van der Waals surface area contributed by atoms with E-state index in [1.165, 1.54) is 4.90 Å². The largest absolute Gasteiger partial charge is 0.492 e. The molecule has 0 atom stereocenters. The smallest absolute Gasteiger partial charge is 0.304 e. The molecule has 0 aliphatic carbocycles. The quantitative estimate of drug-likeness (QED) is 0.204. The molecule has 1 heterocycles. The summed E-state index contributed by atoms with van der Waals surface area (Å²) in [5, 5.41) is 0. The third-order valence-corrected chi connectivity index (χ3v) is 6.45. The lowest BCUT2D eigenvalue weighted by molar-refractivity contribution is -0.113. The van der Waals surface area contributed by atoms with Gasteiger partial charge in [0.05, 0.1) is 50.4 Å². The molecule has 8 heteroatoms. The molecule has 0 fully saturated rings. The lowest BCUT2D eigenvalue weighted by Crippen LogP contribution is -2.38. The highest BCUT2D eigenvalue weighted by Crippen LogP contribution is 2.35. The van der Waals surface area contributed by atoms with Crippen LogP contribution in [0.15, 0.2) is 48.5 Å². The fourth-order valence-corrected chi connectivity index (χ4v) is 4.31. The minimum absolute atomic E-state index is 0.0647. The minimum Gasteiger partial charge on any atom is -0.492 e. The number of Topliss-reactive ketones (excluding diaryl/α,β-unsaturated/α-hetero) is 1. The first-order valence-corrected chi connectivity index (χ1v) is 13.8. The van der Waals surface area contributed by atoms with E-state index >= 15 is 0 Å². The zero-order valence-electron chi connectivity index (χ0n) is 24.3. The SMILES string of the molecule is CC(C)OCCOCC(C)(C)COCCN(CCOc1ccc(N2C(=O)C(=O)c3ccccc32)cc1)C(C)C. The van der Waals surface area contributed by atoms with Crippen molar-refractivity contribution in [2.45, 2.75) is 53.7 Å². The first-order valence-electron chi connectivity index (χ1n) is 13.8. The number of carbonyl (C=O) groups is 2. The van der Waals surface area contributed by atoms with Crippen LogP contribution in [0.3, 0.4) is 0 Å². The van der Waals surface area contributed by atoms with Crippen molar-refractivity contribution in [3.8, 4) is 5.75 Å². The average Bonchev–Trinajstić information content (AvgIpc) is 3.15. The van der Waals surface area contributed by atoms with Gasteiger partial charge in [0.15, 0.2) is 0 Å². The van der Waals surface area contributed by atoms with Crippen molar-refractivity contribution in [1.29, 1.82) is 0 Å². The number of hydrogen-bond acceptors (Lipinski definition) is 7. The van der Waals surface area contributed by atoms with Gasteiger partial charge < -0.3 is 18.9 Å². The number of ketones is 1. The maximum Gasteiger partial charge on any atom is 0.304 e. The number of benzene rings is 2. The van der Waals surface area contributed by atoms with E-state index in [0.717, 1.165) is 13.1 Å². The average molecular weight is 541 g/mol. The van der Waals surface area contributed by atoms with E-state index < -0.39 is 11.7 Å². The van der Waals surface area contributed by atoms with Gasteiger partial charge >= 0.3 is 5.91 Å². The van der Waals surface area contributed by atoms with E-state index in [2.05, 4.69) is 32.6 Å². The first-order chi connectivity index (χ1) is 18.6. The van der Waals surface area contributed by atoms with Crippen molar-refractivity contribution in [2.24, 2.45) is 5.41 Å². The molecule has 2 aromatic rings. The number of fused-ring (bicyclic) bond motifs is 1. The highest BCUT2D eigenvalue weighted by Gasteiger charge is 2.36. The Morgan fingerprint density at radius 3 is 2.13 bits per heavy atom. The summed E-state index contributed by atoms with van der Waals surface area (Å²) in [6.45, 7) is 17.8. The highest BCUT2D eigenvalue weighted by atomic mass is 16.5. The Balaban J connectivity index is 1.39. The number of rotatable bonds is 17. The molecular weight excluding hydrogens is 496 g/mol. The molecule has 1 aliphatic heterocycles. The molecule has 0 spiro atoms. The Hall–Kier alpha value is -2.78. The van der Waals surface area contributed by atoms with Gasteiger partial charge in [-0.15, -0.1) is 0 Å². The second kappa shape index (κ2) is 14.6. The molecule has 214 valence electrons. The molecule has 0 aromatic heterocycles. The maximum absolute atomic E-state index is 12.5. The number of nitrogens with zero attached hydrogens (tertiary/aromatic N) is 2. The van der Waals surface area contributed by atoms with Gasteiger partial charge in [-0.2, -0.15) is 0 Å². The third-order valence-electron chi connectivity index (χ3n) is 6.45. The van der Waals surface area contributed by atoms with Gasteiger partial charge in [0, 0.05) is 30.2 Å². The summed E-state index contributed by atoms with van der Waals surface area (Å²) in [4.78, 5) is 28.6. The second-order valence-electron chi connectivity index (χ2n) is 11.1. The Kier molecular flexibility index (Phi) is 11.5.